The number of anilines is 1. The fraction of sp³-hybridized carbons (Fsp3) is 0.667. The van der Waals surface area contributed by atoms with Crippen LogP contribution in [0.2, 0.25) is 0 Å². The van der Waals surface area contributed by atoms with E-state index >= 15 is 0 Å². The number of nitrogens with zero attached hydrogens (tertiary/aromatic N) is 4. The summed E-state index contributed by atoms with van der Waals surface area (Å²) in [6.07, 6.45) is 3.42. The number of aryl methyl sites for hydroxylation is 1. The van der Waals surface area contributed by atoms with E-state index in [1.807, 2.05) is 0 Å². The number of aromatic nitrogens is 3. The Morgan fingerprint density at radius 2 is 2.35 bits per heavy atom. The van der Waals surface area contributed by atoms with Gasteiger partial charge in [-0.25, -0.2) is 4.68 Å². The molecule has 1 aromatic rings. The van der Waals surface area contributed by atoms with Crippen molar-refractivity contribution in [3.8, 4) is 0 Å². The van der Waals surface area contributed by atoms with Gasteiger partial charge in [0.05, 0.1) is 0 Å². The summed E-state index contributed by atoms with van der Waals surface area (Å²) in [5.41, 5.74) is 0. The van der Waals surface area contributed by atoms with Crippen molar-refractivity contribution in [1.29, 1.82) is 0 Å². The summed E-state index contributed by atoms with van der Waals surface area (Å²) in [5.74, 6) is -0.0510. The molecule has 0 spiro atoms. The number of carbonyl (C=O) groups is 2. The summed E-state index contributed by atoms with van der Waals surface area (Å²) in [4.78, 5) is 29.6. The third-order valence-electron chi connectivity index (χ3n) is 3.31. The standard InChI is InChI=1S/C12H19N5O3/c1-16-12(13-8-14-16)15-10(18)7-17-6-4-3-5-9(20-2)11(17)19/h8-9H,3-7H2,1-2H3,(H,13,14,15,18). The predicted molar refractivity (Wildman–Crippen MR) is 70.9 cm³/mol. The van der Waals surface area contributed by atoms with Gasteiger partial charge in [0.25, 0.3) is 5.91 Å². The van der Waals surface area contributed by atoms with E-state index in [9.17, 15) is 9.59 Å². The largest absolute Gasteiger partial charge is 0.372 e. The van der Waals surface area contributed by atoms with E-state index in [0.29, 0.717) is 18.9 Å². The van der Waals surface area contributed by atoms with E-state index in [0.717, 1.165) is 12.8 Å². The maximum absolute atomic E-state index is 12.2. The Morgan fingerprint density at radius 1 is 1.55 bits per heavy atom. The minimum Gasteiger partial charge on any atom is -0.372 e. The second-order valence-electron chi connectivity index (χ2n) is 4.74. The zero-order valence-electron chi connectivity index (χ0n) is 11.7. The van der Waals surface area contributed by atoms with E-state index in [1.54, 1.807) is 7.05 Å². The summed E-state index contributed by atoms with van der Waals surface area (Å²) in [6, 6.07) is 0. The van der Waals surface area contributed by atoms with Crippen molar-refractivity contribution in [3.05, 3.63) is 6.33 Å². The molecular weight excluding hydrogens is 262 g/mol. The number of amides is 2. The molecule has 0 aliphatic carbocycles. The van der Waals surface area contributed by atoms with E-state index < -0.39 is 6.10 Å². The van der Waals surface area contributed by atoms with Gasteiger partial charge in [0.1, 0.15) is 19.0 Å². The molecule has 1 aliphatic rings. The zero-order chi connectivity index (χ0) is 14.5. The molecule has 2 heterocycles. The Balaban J connectivity index is 1.95. The molecule has 2 amide bonds. The summed E-state index contributed by atoms with van der Waals surface area (Å²) in [5, 5.41) is 6.49. The lowest BCUT2D eigenvalue weighted by atomic mass is 10.2. The van der Waals surface area contributed by atoms with Gasteiger partial charge in [-0.2, -0.15) is 10.1 Å². The lowest BCUT2D eigenvalue weighted by Crippen LogP contribution is -2.43. The van der Waals surface area contributed by atoms with Gasteiger partial charge >= 0.3 is 0 Å². The Kier molecular flexibility index (Phi) is 4.67. The Labute approximate surface area is 117 Å². The molecule has 1 N–H and O–H groups in total. The number of hydrogen-bond donors (Lipinski definition) is 1. The second-order valence-corrected chi connectivity index (χ2v) is 4.74. The van der Waals surface area contributed by atoms with Crippen LogP contribution in [0.4, 0.5) is 5.95 Å². The first-order chi connectivity index (χ1) is 9.61. The molecule has 0 bridgehead atoms. The summed E-state index contributed by atoms with van der Waals surface area (Å²) >= 11 is 0. The van der Waals surface area contributed by atoms with Crippen LogP contribution in [0.25, 0.3) is 0 Å². The number of carbonyl (C=O) groups excluding carboxylic acids is 2. The number of ether oxygens (including phenoxy) is 1. The minimum absolute atomic E-state index is 0.00551. The molecule has 0 saturated carbocycles. The highest BCUT2D eigenvalue weighted by Gasteiger charge is 2.28. The van der Waals surface area contributed by atoms with E-state index in [1.165, 1.54) is 23.0 Å². The average molecular weight is 281 g/mol. The lowest BCUT2D eigenvalue weighted by Gasteiger charge is -2.22. The molecular formula is C12H19N5O3. The van der Waals surface area contributed by atoms with Crippen LogP contribution in [-0.2, 0) is 21.4 Å². The number of likely N-dealkylation sites (tertiary alicyclic amines) is 1. The Hall–Kier alpha value is -1.96. The molecule has 1 saturated heterocycles. The van der Waals surface area contributed by atoms with Crippen molar-refractivity contribution < 1.29 is 14.3 Å². The quantitative estimate of drug-likeness (QED) is 0.824. The number of nitrogens with one attached hydrogen (secondary N) is 1. The Morgan fingerprint density at radius 3 is 3.00 bits per heavy atom. The van der Waals surface area contributed by atoms with E-state index in [2.05, 4.69) is 15.4 Å². The molecule has 0 aromatic carbocycles. The minimum atomic E-state index is -0.444. The van der Waals surface area contributed by atoms with Gasteiger partial charge < -0.3 is 9.64 Å². The zero-order valence-corrected chi connectivity index (χ0v) is 11.7. The molecule has 20 heavy (non-hydrogen) atoms. The highest BCUT2D eigenvalue weighted by atomic mass is 16.5. The molecule has 8 nitrogen and oxygen atoms in total. The molecule has 8 heteroatoms. The molecule has 1 unspecified atom stereocenters. The van der Waals surface area contributed by atoms with Crippen molar-refractivity contribution >= 4 is 17.8 Å². The molecule has 0 radical (unpaired) electrons. The highest BCUT2D eigenvalue weighted by Crippen LogP contribution is 2.14. The first kappa shape index (κ1) is 14.4. The van der Waals surface area contributed by atoms with Gasteiger partial charge in [-0.3, -0.25) is 14.9 Å². The fourth-order valence-corrected chi connectivity index (χ4v) is 2.19. The first-order valence-corrected chi connectivity index (χ1v) is 6.57. The molecule has 2 rings (SSSR count). The summed E-state index contributed by atoms with van der Waals surface area (Å²) in [6.45, 7) is 0.580. The van der Waals surface area contributed by atoms with Crippen molar-refractivity contribution in [1.82, 2.24) is 19.7 Å². The van der Waals surface area contributed by atoms with Crippen molar-refractivity contribution in [3.63, 3.8) is 0 Å². The number of methoxy groups -OCH3 is 1. The van der Waals surface area contributed by atoms with Gasteiger partial charge in [0.15, 0.2) is 0 Å². The summed E-state index contributed by atoms with van der Waals surface area (Å²) in [7, 11) is 3.20. The van der Waals surface area contributed by atoms with Crippen LogP contribution in [-0.4, -0.2) is 57.8 Å². The van der Waals surface area contributed by atoms with Gasteiger partial charge in [0, 0.05) is 20.7 Å². The van der Waals surface area contributed by atoms with Crippen molar-refractivity contribution in [2.75, 3.05) is 25.5 Å². The van der Waals surface area contributed by atoms with E-state index in [-0.39, 0.29) is 18.4 Å². The van der Waals surface area contributed by atoms with Crippen LogP contribution in [0.15, 0.2) is 6.33 Å². The van der Waals surface area contributed by atoms with Crippen molar-refractivity contribution in [2.45, 2.75) is 25.4 Å². The maximum Gasteiger partial charge on any atom is 0.252 e. The SMILES string of the molecule is COC1CCCCN(CC(=O)Nc2ncnn2C)C1=O. The van der Waals surface area contributed by atoms with Gasteiger partial charge in [-0.15, -0.1) is 0 Å². The lowest BCUT2D eigenvalue weighted by molar-refractivity contribution is -0.143. The highest BCUT2D eigenvalue weighted by molar-refractivity contribution is 5.94. The predicted octanol–water partition coefficient (Wildman–Crippen LogP) is -0.219. The van der Waals surface area contributed by atoms with Crippen molar-refractivity contribution in [2.24, 2.45) is 7.05 Å². The maximum atomic E-state index is 12.2. The fourth-order valence-electron chi connectivity index (χ4n) is 2.19. The topological polar surface area (TPSA) is 89.3 Å². The Bertz CT molecular complexity index is 487. The van der Waals surface area contributed by atoms with Crippen LogP contribution in [0.5, 0.6) is 0 Å². The van der Waals surface area contributed by atoms with Gasteiger partial charge in [-0.1, -0.05) is 0 Å². The molecule has 1 fully saturated rings. The number of hydrogen-bond acceptors (Lipinski definition) is 5. The molecule has 1 atom stereocenters. The third-order valence-corrected chi connectivity index (χ3v) is 3.31. The molecule has 1 aliphatic heterocycles. The van der Waals surface area contributed by atoms with Crippen LogP contribution >= 0.6 is 0 Å². The van der Waals surface area contributed by atoms with E-state index in [4.69, 9.17) is 4.74 Å². The normalized spacial score (nSPS) is 19.8. The second kappa shape index (κ2) is 6.47. The average Bonchev–Trinajstić information content (AvgIpc) is 2.73. The van der Waals surface area contributed by atoms with Crippen LogP contribution in [0, 0.1) is 0 Å². The first-order valence-electron chi connectivity index (χ1n) is 6.57. The third kappa shape index (κ3) is 3.32. The number of rotatable bonds is 4. The molecule has 110 valence electrons. The van der Waals surface area contributed by atoms with Crippen LogP contribution < -0.4 is 5.32 Å². The van der Waals surface area contributed by atoms with Crippen LogP contribution in [0.1, 0.15) is 19.3 Å². The smallest absolute Gasteiger partial charge is 0.252 e. The van der Waals surface area contributed by atoms with Gasteiger partial charge in [-0.05, 0) is 19.3 Å². The van der Waals surface area contributed by atoms with Gasteiger partial charge in [0.2, 0.25) is 11.9 Å². The summed E-state index contributed by atoms with van der Waals surface area (Å²) < 4.78 is 6.63. The monoisotopic (exact) mass is 281 g/mol. The van der Waals surface area contributed by atoms with Crippen LogP contribution in [0.3, 0.4) is 0 Å². The molecule has 1 aromatic heterocycles.